The van der Waals surface area contributed by atoms with Crippen LogP contribution in [0, 0.1) is 0 Å². The van der Waals surface area contributed by atoms with E-state index in [0.29, 0.717) is 19.6 Å². The lowest BCUT2D eigenvalue weighted by molar-refractivity contribution is 0.0525. The van der Waals surface area contributed by atoms with E-state index in [1.807, 2.05) is 45.0 Å². The zero-order valence-corrected chi connectivity index (χ0v) is 12.6. The zero-order chi connectivity index (χ0) is 15.0. The van der Waals surface area contributed by atoms with Crippen LogP contribution in [0.4, 0.5) is 4.79 Å². The van der Waals surface area contributed by atoms with Crippen molar-refractivity contribution in [3.8, 4) is 11.5 Å². The van der Waals surface area contributed by atoms with Crippen molar-refractivity contribution in [1.29, 1.82) is 0 Å². The summed E-state index contributed by atoms with van der Waals surface area (Å²) in [6, 6.07) is 7.38. The van der Waals surface area contributed by atoms with Crippen molar-refractivity contribution in [1.82, 2.24) is 5.32 Å². The summed E-state index contributed by atoms with van der Waals surface area (Å²) in [7, 11) is 1.62. The second kappa shape index (κ2) is 7.62. The van der Waals surface area contributed by atoms with E-state index in [2.05, 4.69) is 5.32 Å². The molecule has 1 rings (SSSR count). The minimum atomic E-state index is -0.469. The molecule has 0 spiro atoms. The molecule has 0 atom stereocenters. The van der Waals surface area contributed by atoms with Gasteiger partial charge in [-0.2, -0.15) is 0 Å². The third-order valence-electron chi connectivity index (χ3n) is 2.32. The average Bonchev–Trinajstić information content (AvgIpc) is 2.37. The van der Waals surface area contributed by atoms with Crippen molar-refractivity contribution in [3.63, 3.8) is 0 Å². The predicted molar refractivity (Wildman–Crippen MR) is 77.3 cm³/mol. The Bertz CT molecular complexity index is 409. The topological polar surface area (TPSA) is 56.8 Å². The lowest BCUT2D eigenvalue weighted by Crippen LogP contribution is -2.33. The average molecular weight is 281 g/mol. The number of ether oxygens (including phenoxy) is 3. The van der Waals surface area contributed by atoms with E-state index in [9.17, 15) is 4.79 Å². The SMILES string of the molecule is COc1ccc(OCCCNC(=O)OC(C)(C)C)cc1. The molecule has 1 N–H and O–H groups in total. The van der Waals surface area contributed by atoms with Crippen molar-refractivity contribution in [2.75, 3.05) is 20.3 Å². The highest BCUT2D eigenvalue weighted by molar-refractivity contribution is 5.67. The normalized spacial score (nSPS) is 10.8. The Hall–Kier alpha value is -1.91. The molecule has 112 valence electrons. The summed E-state index contributed by atoms with van der Waals surface area (Å²) >= 11 is 0. The second-order valence-electron chi connectivity index (χ2n) is 5.31. The first-order valence-electron chi connectivity index (χ1n) is 6.64. The summed E-state index contributed by atoms with van der Waals surface area (Å²) in [6.45, 7) is 6.55. The van der Waals surface area contributed by atoms with Crippen LogP contribution in [0.5, 0.6) is 11.5 Å². The highest BCUT2D eigenvalue weighted by Gasteiger charge is 2.15. The Morgan fingerprint density at radius 1 is 1.15 bits per heavy atom. The van der Waals surface area contributed by atoms with E-state index in [1.165, 1.54) is 0 Å². The van der Waals surface area contributed by atoms with Crippen LogP contribution in [0.2, 0.25) is 0 Å². The molecular weight excluding hydrogens is 258 g/mol. The van der Waals surface area contributed by atoms with Gasteiger partial charge in [-0.15, -0.1) is 0 Å². The monoisotopic (exact) mass is 281 g/mol. The Labute approximate surface area is 120 Å². The molecule has 0 unspecified atom stereocenters. The van der Waals surface area contributed by atoms with Gasteiger partial charge in [0.2, 0.25) is 0 Å². The zero-order valence-electron chi connectivity index (χ0n) is 12.6. The first-order valence-corrected chi connectivity index (χ1v) is 6.64. The first kappa shape index (κ1) is 16.1. The molecule has 0 radical (unpaired) electrons. The molecule has 0 aliphatic heterocycles. The standard InChI is InChI=1S/C15H23NO4/c1-15(2,3)20-14(17)16-10-5-11-19-13-8-6-12(18-4)7-9-13/h6-9H,5,10-11H2,1-4H3,(H,16,17). The van der Waals surface area contributed by atoms with Gasteiger partial charge in [-0.1, -0.05) is 0 Å². The lowest BCUT2D eigenvalue weighted by atomic mass is 10.2. The molecule has 0 saturated heterocycles. The molecule has 1 aromatic carbocycles. The number of carbonyl (C=O) groups is 1. The summed E-state index contributed by atoms with van der Waals surface area (Å²) < 4.78 is 15.7. The number of benzene rings is 1. The Balaban J connectivity index is 2.14. The number of rotatable bonds is 6. The number of nitrogens with one attached hydrogen (secondary N) is 1. The third kappa shape index (κ3) is 6.87. The molecule has 0 fully saturated rings. The molecule has 0 heterocycles. The van der Waals surface area contributed by atoms with Gasteiger partial charge >= 0.3 is 6.09 Å². The third-order valence-corrected chi connectivity index (χ3v) is 2.32. The molecule has 0 bridgehead atoms. The molecule has 5 heteroatoms. The van der Waals surface area contributed by atoms with Crippen LogP contribution in [0.3, 0.4) is 0 Å². The summed E-state index contributed by atoms with van der Waals surface area (Å²) in [5.41, 5.74) is -0.469. The second-order valence-corrected chi connectivity index (χ2v) is 5.31. The minimum Gasteiger partial charge on any atom is -0.497 e. The molecule has 20 heavy (non-hydrogen) atoms. The van der Waals surface area contributed by atoms with Gasteiger partial charge in [-0.05, 0) is 51.5 Å². The summed E-state index contributed by atoms with van der Waals surface area (Å²) in [5.74, 6) is 1.58. The lowest BCUT2D eigenvalue weighted by Gasteiger charge is -2.19. The van der Waals surface area contributed by atoms with Crippen LogP contribution < -0.4 is 14.8 Å². The van der Waals surface area contributed by atoms with E-state index in [0.717, 1.165) is 11.5 Å². The Kier molecular flexibility index (Phi) is 6.15. The maximum Gasteiger partial charge on any atom is 0.407 e. The molecule has 0 aliphatic rings. The Morgan fingerprint density at radius 3 is 2.30 bits per heavy atom. The summed E-state index contributed by atoms with van der Waals surface area (Å²) in [4.78, 5) is 11.4. The van der Waals surface area contributed by atoms with Crippen LogP contribution in [-0.2, 0) is 4.74 Å². The highest BCUT2D eigenvalue weighted by atomic mass is 16.6. The fraction of sp³-hybridized carbons (Fsp3) is 0.533. The maximum atomic E-state index is 11.4. The van der Waals surface area contributed by atoms with Gasteiger partial charge in [0, 0.05) is 6.54 Å². The smallest absolute Gasteiger partial charge is 0.407 e. The number of hydrogen-bond acceptors (Lipinski definition) is 4. The van der Waals surface area contributed by atoms with E-state index in [-0.39, 0.29) is 0 Å². The molecule has 0 aromatic heterocycles. The van der Waals surface area contributed by atoms with Crippen molar-refractivity contribution in [2.45, 2.75) is 32.8 Å². The van der Waals surface area contributed by atoms with Gasteiger partial charge in [0.1, 0.15) is 17.1 Å². The van der Waals surface area contributed by atoms with Gasteiger partial charge in [0.25, 0.3) is 0 Å². The van der Waals surface area contributed by atoms with Gasteiger partial charge in [-0.3, -0.25) is 0 Å². The largest absolute Gasteiger partial charge is 0.497 e. The molecule has 1 amide bonds. The maximum absolute atomic E-state index is 11.4. The first-order chi connectivity index (χ1) is 9.40. The number of carbonyl (C=O) groups excluding carboxylic acids is 1. The van der Waals surface area contributed by atoms with Gasteiger partial charge in [-0.25, -0.2) is 4.79 Å². The van der Waals surface area contributed by atoms with Crippen LogP contribution in [-0.4, -0.2) is 32.0 Å². The number of alkyl carbamates (subject to hydrolysis) is 1. The number of hydrogen-bond donors (Lipinski definition) is 1. The van der Waals surface area contributed by atoms with E-state index in [4.69, 9.17) is 14.2 Å². The fourth-order valence-electron chi connectivity index (χ4n) is 1.44. The van der Waals surface area contributed by atoms with Crippen molar-refractivity contribution < 1.29 is 19.0 Å². The minimum absolute atomic E-state index is 0.401. The molecule has 0 saturated carbocycles. The van der Waals surface area contributed by atoms with Gasteiger partial charge in [0.15, 0.2) is 0 Å². The van der Waals surface area contributed by atoms with Crippen LogP contribution in [0.1, 0.15) is 27.2 Å². The molecular formula is C15H23NO4. The molecule has 5 nitrogen and oxygen atoms in total. The van der Waals surface area contributed by atoms with Crippen molar-refractivity contribution >= 4 is 6.09 Å². The van der Waals surface area contributed by atoms with E-state index >= 15 is 0 Å². The fourth-order valence-corrected chi connectivity index (χ4v) is 1.44. The Morgan fingerprint density at radius 2 is 1.75 bits per heavy atom. The van der Waals surface area contributed by atoms with Crippen LogP contribution in [0.15, 0.2) is 24.3 Å². The highest BCUT2D eigenvalue weighted by Crippen LogP contribution is 2.16. The predicted octanol–water partition coefficient (Wildman–Crippen LogP) is 2.99. The van der Waals surface area contributed by atoms with Crippen molar-refractivity contribution in [3.05, 3.63) is 24.3 Å². The number of amides is 1. The summed E-state index contributed by atoms with van der Waals surface area (Å²) in [6.07, 6.45) is 0.313. The van der Waals surface area contributed by atoms with Crippen LogP contribution in [0.25, 0.3) is 0 Å². The van der Waals surface area contributed by atoms with E-state index < -0.39 is 11.7 Å². The quantitative estimate of drug-likeness (QED) is 0.814. The van der Waals surface area contributed by atoms with Crippen LogP contribution >= 0.6 is 0 Å². The van der Waals surface area contributed by atoms with E-state index in [1.54, 1.807) is 7.11 Å². The van der Waals surface area contributed by atoms with Gasteiger partial charge < -0.3 is 19.5 Å². The summed E-state index contributed by atoms with van der Waals surface area (Å²) in [5, 5.41) is 2.68. The van der Waals surface area contributed by atoms with Crippen molar-refractivity contribution in [2.24, 2.45) is 0 Å². The van der Waals surface area contributed by atoms with Gasteiger partial charge in [0.05, 0.1) is 13.7 Å². The molecule has 0 aliphatic carbocycles. The molecule has 1 aromatic rings. The number of methoxy groups -OCH3 is 1.